The predicted octanol–water partition coefficient (Wildman–Crippen LogP) is 3.74. The number of hydrogen-bond acceptors (Lipinski definition) is 6. The van der Waals surface area contributed by atoms with E-state index in [0.717, 1.165) is 36.1 Å². The van der Waals surface area contributed by atoms with Gasteiger partial charge in [0, 0.05) is 17.3 Å². The maximum Gasteiger partial charge on any atom is 0.341 e. The SMILES string of the molecule is CCOC(=O)c1c(NC(=O)/C(C#N)=C/c2ccncc2)sc2c1CCCC2. The molecule has 0 aliphatic heterocycles. The lowest BCUT2D eigenvalue weighted by Gasteiger charge is -2.12. The van der Waals surface area contributed by atoms with Gasteiger partial charge in [-0.25, -0.2) is 4.79 Å². The number of aryl methyl sites for hydroxylation is 1. The fourth-order valence-electron chi connectivity index (χ4n) is 3.02. The van der Waals surface area contributed by atoms with Crippen LogP contribution in [0, 0.1) is 11.3 Å². The summed E-state index contributed by atoms with van der Waals surface area (Å²) in [5.74, 6) is -0.970. The zero-order valence-corrected chi connectivity index (χ0v) is 15.8. The highest BCUT2D eigenvalue weighted by molar-refractivity contribution is 7.17. The van der Waals surface area contributed by atoms with E-state index in [1.807, 2.05) is 6.07 Å². The van der Waals surface area contributed by atoms with Crippen molar-refractivity contribution >= 4 is 34.3 Å². The fraction of sp³-hybridized carbons (Fsp3) is 0.300. The average molecular weight is 381 g/mol. The number of nitrogens with one attached hydrogen (secondary N) is 1. The summed E-state index contributed by atoms with van der Waals surface area (Å²) in [5.41, 5.74) is 2.07. The molecule has 138 valence electrons. The third-order valence-corrected chi connectivity index (χ3v) is 5.47. The summed E-state index contributed by atoms with van der Waals surface area (Å²) in [6, 6.07) is 5.34. The van der Waals surface area contributed by atoms with E-state index in [0.29, 0.717) is 16.1 Å². The Hall–Kier alpha value is -2.98. The number of ether oxygens (including phenoxy) is 1. The summed E-state index contributed by atoms with van der Waals surface area (Å²) < 4.78 is 5.19. The Bertz CT molecular complexity index is 926. The first-order chi connectivity index (χ1) is 13.1. The number of nitrogens with zero attached hydrogens (tertiary/aromatic N) is 2. The van der Waals surface area contributed by atoms with Gasteiger partial charge in [0.1, 0.15) is 16.6 Å². The van der Waals surface area contributed by atoms with Crippen LogP contribution in [-0.4, -0.2) is 23.5 Å². The number of aromatic nitrogens is 1. The van der Waals surface area contributed by atoms with Crippen molar-refractivity contribution in [3.8, 4) is 6.07 Å². The molecule has 0 saturated carbocycles. The summed E-state index contributed by atoms with van der Waals surface area (Å²) in [5, 5.41) is 12.6. The second kappa shape index (κ2) is 8.60. The summed E-state index contributed by atoms with van der Waals surface area (Å²) >= 11 is 1.40. The van der Waals surface area contributed by atoms with Gasteiger partial charge in [-0.2, -0.15) is 5.26 Å². The van der Waals surface area contributed by atoms with E-state index < -0.39 is 11.9 Å². The Morgan fingerprint density at radius 1 is 1.33 bits per heavy atom. The molecule has 0 radical (unpaired) electrons. The van der Waals surface area contributed by atoms with Crippen LogP contribution < -0.4 is 5.32 Å². The third kappa shape index (κ3) is 4.23. The quantitative estimate of drug-likeness (QED) is 0.484. The molecule has 2 heterocycles. The molecular weight excluding hydrogens is 362 g/mol. The number of esters is 1. The number of nitriles is 1. The van der Waals surface area contributed by atoms with Gasteiger partial charge in [0.05, 0.1) is 12.2 Å². The molecule has 1 N–H and O–H groups in total. The first kappa shape index (κ1) is 18.8. The summed E-state index contributed by atoms with van der Waals surface area (Å²) in [7, 11) is 0. The number of carbonyl (C=O) groups is 2. The number of anilines is 1. The number of pyridine rings is 1. The molecule has 1 aliphatic rings. The molecule has 0 saturated heterocycles. The second-order valence-electron chi connectivity index (χ2n) is 6.04. The van der Waals surface area contributed by atoms with Crippen LogP contribution in [0.15, 0.2) is 30.1 Å². The van der Waals surface area contributed by atoms with Gasteiger partial charge in [-0.3, -0.25) is 9.78 Å². The minimum absolute atomic E-state index is 0.0395. The third-order valence-electron chi connectivity index (χ3n) is 4.26. The van der Waals surface area contributed by atoms with Crippen molar-refractivity contribution in [2.75, 3.05) is 11.9 Å². The van der Waals surface area contributed by atoms with E-state index in [2.05, 4.69) is 10.3 Å². The fourth-order valence-corrected chi connectivity index (χ4v) is 4.29. The zero-order chi connectivity index (χ0) is 19.2. The highest BCUT2D eigenvalue weighted by Gasteiger charge is 2.27. The van der Waals surface area contributed by atoms with Gasteiger partial charge in [-0.05, 0) is 61.9 Å². The number of fused-ring (bicyclic) bond motifs is 1. The van der Waals surface area contributed by atoms with Gasteiger partial charge in [0.15, 0.2) is 0 Å². The van der Waals surface area contributed by atoms with Crippen LogP contribution >= 0.6 is 11.3 Å². The molecule has 0 fully saturated rings. The van der Waals surface area contributed by atoms with Crippen LogP contribution in [0.3, 0.4) is 0 Å². The normalized spacial score (nSPS) is 13.4. The largest absolute Gasteiger partial charge is 0.462 e. The first-order valence-corrected chi connectivity index (χ1v) is 9.60. The van der Waals surface area contributed by atoms with Crippen LogP contribution in [0.25, 0.3) is 6.08 Å². The van der Waals surface area contributed by atoms with Gasteiger partial charge in [-0.1, -0.05) is 0 Å². The standard InChI is InChI=1S/C20H19N3O3S/c1-2-26-20(25)17-15-5-3-4-6-16(15)27-19(17)23-18(24)14(12-21)11-13-7-9-22-10-8-13/h7-11H,2-6H2,1H3,(H,23,24)/b14-11+. The first-order valence-electron chi connectivity index (χ1n) is 8.78. The molecule has 7 heteroatoms. The molecule has 0 aromatic carbocycles. The summed E-state index contributed by atoms with van der Waals surface area (Å²) in [6.07, 6.45) is 8.43. The van der Waals surface area contributed by atoms with Crippen LogP contribution in [0.2, 0.25) is 0 Å². The van der Waals surface area contributed by atoms with Gasteiger partial charge in [-0.15, -0.1) is 11.3 Å². The summed E-state index contributed by atoms with van der Waals surface area (Å²) in [6.45, 7) is 2.02. The monoisotopic (exact) mass is 381 g/mol. The second-order valence-corrected chi connectivity index (χ2v) is 7.15. The molecule has 1 aliphatic carbocycles. The molecule has 0 atom stereocenters. The Morgan fingerprint density at radius 2 is 2.07 bits per heavy atom. The van der Waals surface area contributed by atoms with E-state index in [-0.39, 0.29) is 12.2 Å². The van der Waals surface area contributed by atoms with Gasteiger partial charge in [0.2, 0.25) is 0 Å². The van der Waals surface area contributed by atoms with Crippen LogP contribution in [-0.2, 0) is 22.4 Å². The lowest BCUT2D eigenvalue weighted by atomic mass is 9.95. The van der Waals surface area contributed by atoms with E-state index in [4.69, 9.17) is 4.74 Å². The molecule has 2 aromatic rings. The Balaban J connectivity index is 1.91. The van der Waals surface area contributed by atoms with Crippen molar-refractivity contribution in [3.05, 3.63) is 51.7 Å². The topological polar surface area (TPSA) is 92.1 Å². The molecule has 0 spiro atoms. The average Bonchev–Trinajstić information content (AvgIpc) is 3.04. The molecule has 1 amide bonds. The zero-order valence-electron chi connectivity index (χ0n) is 14.9. The number of carbonyl (C=O) groups excluding carboxylic acids is 2. The van der Waals surface area contributed by atoms with Crippen LogP contribution in [0.5, 0.6) is 0 Å². The van der Waals surface area contributed by atoms with Crippen LogP contribution in [0.4, 0.5) is 5.00 Å². The maximum atomic E-state index is 12.6. The smallest absolute Gasteiger partial charge is 0.341 e. The van der Waals surface area contributed by atoms with Crippen molar-refractivity contribution in [1.82, 2.24) is 4.98 Å². The van der Waals surface area contributed by atoms with E-state index in [9.17, 15) is 14.9 Å². The van der Waals surface area contributed by atoms with Crippen LogP contribution in [0.1, 0.15) is 46.1 Å². The molecule has 0 bridgehead atoms. The number of hydrogen-bond donors (Lipinski definition) is 1. The lowest BCUT2D eigenvalue weighted by Crippen LogP contribution is -2.16. The lowest BCUT2D eigenvalue weighted by molar-refractivity contribution is -0.112. The molecule has 0 unspecified atom stereocenters. The van der Waals surface area contributed by atoms with Crippen molar-refractivity contribution in [2.45, 2.75) is 32.6 Å². The molecule has 27 heavy (non-hydrogen) atoms. The van der Waals surface area contributed by atoms with Crippen molar-refractivity contribution in [1.29, 1.82) is 5.26 Å². The molecule has 6 nitrogen and oxygen atoms in total. The van der Waals surface area contributed by atoms with Gasteiger partial charge < -0.3 is 10.1 Å². The molecule has 3 rings (SSSR count). The highest BCUT2D eigenvalue weighted by atomic mass is 32.1. The predicted molar refractivity (Wildman–Crippen MR) is 103 cm³/mol. The molecule has 2 aromatic heterocycles. The van der Waals surface area contributed by atoms with Gasteiger partial charge >= 0.3 is 5.97 Å². The van der Waals surface area contributed by atoms with E-state index in [1.54, 1.807) is 31.5 Å². The number of thiophene rings is 1. The van der Waals surface area contributed by atoms with Gasteiger partial charge in [0.25, 0.3) is 5.91 Å². The highest BCUT2D eigenvalue weighted by Crippen LogP contribution is 2.38. The minimum atomic E-state index is -0.543. The van der Waals surface area contributed by atoms with Crippen molar-refractivity contribution in [3.63, 3.8) is 0 Å². The van der Waals surface area contributed by atoms with Crippen molar-refractivity contribution < 1.29 is 14.3 Å². The van der Waals surface area contributed by atoms with E-state index in [1.165, 1.54) is 17.4 Å². The number of rotatable bonds is 5. The Labute approximate surface area is 161 Å². The minimum Gasteiger partial charge on any atom is -0.462 e. The van der Waals surface area contributed by atoms with E-state index >= 15 is 0 Å². The maximum absolute atomic E-state index is 12.6. The Morgan fingerprint density at radius 3 is 2.78 bits per heavy atom. The number of amides is 1. The summed E-state index contributed by atoms with van der Waals surface area (Å²) in [4.78, 5) is 30.1. The Kier molecular flexibility index (Phi) is 5.99. The molecular formula is C20H19N3O3S. The van der Waals surface area contributed by atoms with Crippen molar-refractivity contribution in [2.24, 2.45) is 0 Å².